The minimum absolute atomic E-state index is 0.0714. The molecular formula is C31H34F4N4O3S. The molecule has 4 atom stereocenters. The molecule has 1 saturated carbocycles. The summed E-state index contributed by atoms with van der Waals surface area (Å²) < 4.78 is 84.2. The predicted octanol–water partition coefficient (Wildman–Crippen LogP) is 4.29. The van der Waals surface area contributed by atoms with E-state index in [1.165, 1.54) is 36.6 Å². The topological polar surface area (TPSA) is 105 Å². The Hall–Kier alpha value is -3.32. The number of nitrogens with two attached hydrogens (primary N) is 1. The molecule has 4 N–H and O–H groups in total. The average molecular weight is 619 g/mol. The fourth-order valence-corrected chi connectivity index (χ4v) is 7.55. The molecule has 3 aromatic rings. The van der Waals surface area contributed by atoms with Crippen LogP contribution in [0.15, 0.2) is 60.7 Å². The number of piperazine rings is 1. The summed E-state index contributed by atoms with van der Waals surface area (Å²) in [4.78, 5) is 13.5. The molecule has 3 aromatic carbocycles. The maximum Gasteiger partial charge on any atom is 0.242 e. The van der Waals surface area contributed by atoms with Crippen molar-refractivity contribution in [1.82, 2.24) is 9.62 Å². The zero-order chi connectivity index (χ0) is 30.9. The third-order valence-electron chi connectivity index (χ3n) is 8.21. The highest BCUT2D eigenvalue weighted by Gasteiger charge is 2.44. The minimum atomic E-state index is -3.52. The SMILES string of the molecule is CS(=O)(=O)N1[C@@H](CCc2c(F)cccc2NC(=O)C(N)C(c2ccc(F)cc2)c2cc(F)cc(F)c2)CNC[C@@H]1C1CC1. The summed E-state index contributed by atoms with van der Waals surface area (Å²) in [5, 5.41) is 5.98. The smallest absolute Gasteiger partial charge is 0.242 e. The molecule has 1 aliphatic carbocycles. The van der Waals surface area contributed by atoms with Gasteiger partial charge in [-0.3, -0.25) is 4.79 Å². The van der Waals surface area contributed by atoms with Crippen LogP contribution in [0.2, 0.25) is 0 Å². The molecule has 0 bridgehead atoms. The van der Waals surface area contributed by atoms with Crippen molar-refractivity contribution in [1.29, 1.82) is 0 Å². The van der Waals surface area contributed by atoms with Crippen LogP contribution < -0.4 is 16.4 Å². The predicted molar refractivity (Wildman–Crippen MR) is 156 cm³/mol. The number of nitrogens with zero attached hydrogens (tertiary/aromatic N) is 1. The van der Waals surface area contributed by atoms with Crippen molar-refractivity contribution < 1.29 is 30.8 Å². The van der Waals surface area contributed by atoms with E-state index in [0.717, 1.165) is 37.1 Å². The number of hydrogen-bond acceptors (Lipinski definition) is 5. The van der Waals surface area contributed by atoms with Crippen molar-refractivity contribution in [3.8, 4) is 0 Å². The molecular weight excluding hydrogens is 584 g/mol. The Kier molecular flexibility index (Phi) is 9.21. The summed E-state index contributed by atoms with van der Waals surface area (Å²) in [6, 6.07) is 10.1. The molecule has 5 rings (SSSR count). The summed E-state index contributed by atoms with van der Waals surface area (Å²) in [5.74, 6) is -4.37. The second-order valence-electron chi connectivity index (χ2n) is 11.4. The van der Waals surface area contributed by atoms with Crippen molar-refractivity contribution in [3.05, 3.63) is 101 Å². The van der Waals surface area contributed by atoms with Crippen LogP contribution in [0.25, 0.3) is 0 Å². The quantitative estimate of drug-likeness (QED) is 0.294. The second-order valence-corrected chi connectivity index (χ2v) is 13.2. The van der Waals surface area contributed by atoms with Gasteiger partial charge in [0.1, 0.15) is 23.3 Å². The lowest BCUT2D eigenvalue weighted by molar-refractivity contribution is -0.117. The summed E-state index contributed by atoms with van der Waals surface area (Å²) in [6.07, 6.45) is 3.56. The molecule has 12 heteroatoms. The van der Waals surface area contributed by atoms with Gasteiger partial charge in [0.25, 0.3) is 0 Å². The van der Waals surface area contributed by atoms with Crippen molar-refractivity contribution in [2.75, 3.05) is 24.7 Å². The molecule has 1 heterocycles. The Morgan fingerprint density at radius 3 is 2.28 bits per heavy atom. The number of anilines is 1. The van der Waals surface area contributed by atoms with Gasteiger partial charge >= 0.3 is 0 Å². The van der Waals surface area contributed by atoms with E-state index in [-0.39, 0.29) is 29.3 Å². The van der Waals surface area contributed by atoms with Crippen LogP contribution in [0.1, 0.15) is 41.9 Å². The van der Waals surface area contributed by atoms with Crippen LogP contribution in [0, 0.1) is 29.2 Å². The Balaban J connectivity index is 1.38. The maximum absolute atomic E-state index is 15.2. The largest absolute Gasteiger partial charge is 0.324 e. The number of sulfonamides is 1. The summed E-state index contributed by atoms with van der Waals surface area (Å²) in [5.41, 5.74) is 7.13. The third kappa shape index (κ3) is 7.26. The number of carbonyl (C=O) groups excluding carboxylic acids is 1. The van der Waals surface area contributed by atoms with Crippen LogP contribution >= 0.6 is 0 Å². The van der Waals surface area contributed by atoms with E-state index in [2.05, 4.69) is 10.6 Å². The molecule has 2 aliphatic rings. The van der Waals surface area contributed by atoms with Crippen LogP contribution in [0.5, 0.6) is 0 Å². The number of carbonyl (C=O) groups is 1. The zero-order valence-corrected chi connectivity index (χ0v) is 24.4. The fraction of sp³-hybridized carbons (Fsp3) is 0.387. The van der Waals surface area contributed by atoms with Crippen molar-refractivity contribution >= 4 is 21.6 Å². The second kappa shape index (κ2) is 12.7. The fourth-order valence-electron chi connectivity index (χ4n) is 6.09. The molecule has 0 spiro atoms. The van der Waals surface area contributed by atoms with Gasteiger partial charge in [-0.15, -0.1) is 0 Å². The lowest BCUT2D eigenvalue weighted by Gasteiger charge is -2.41. The van der Waals surface area contributed by atoms with Gasteiger partial charge in [0.2, 0.25) is 15.9 Å². The zero-order valence-electron chi connectivity index (χ0n) is 23.6. The molecule has 0 aromatic heterocycles. The average Bonchev–Trinajstić information content (AvgIpc) is 3.78. The third-order valence-corrected chi connectivity index (χ3v) is 9.54. The van der Waals surface area contributed by atoms with Gasteiger partial charge in [0, 0.05) is 48.4 Å². The standard InChI is InChI=1S/C31H34F4N4O3S/c1-43(41,42)39-24(16-37-17-28(39)18-5-6-18)11-12-25-26(35)3-2-4-27(25)38-31(40)30(36)29(19-7-9-21(32)10-8-19)20-13-22(33)15-23(34)14-20/h2-4,7-10,13-15,18,24,28-30,37H,5-6,11-12,16-17,36H2,1H3,(H,38,40)/t24-,28+,29?,30?/m0/s1. The number of hydrogen-bond donors (Lipinski definition) is 3. The highest BCUT2D eigenvalue weighted by atomic mass is 32.2. The normalized spacial score (nSPS) is 20.9. The van der Waals surface area contributed by atoms with Crippen LogP contribution in [0.4, 0.5) is 23.2 Å². The van der Waals surface area contributed by atoms with Crippen LogP contribution in [-0.4, -0.2) is 56.1 Å². The van der Waals surface area contributed by atoms with Gasteiger partial charge in [0.05, 0.1) is 12.3 Å². The first kappa shape index (κ1) is 31.1. The highest BCUT2D eigenvalue weighted by Crippen LogP contribution is 2.38. The summed E-state index contributed by atoms with van der Waals surface area (Å²) in [7, 11) is -3.52. The van der Waals surface area contributed by atoms with Crippen LogP contribution in [0.3, 0.4) is 0 Å². The Bertz CT molecular complexity index is 1560. The maximum atomic E-state index is 15.2. The lowest BCUT2D eigenvalue weighted by atomic mass is 9.84. The molecule has 43 heavy (non-hydrogen) atoms. The minimum Gasteiger partial charge on any atom is -0.324 e. The first-order valence-corrected chi connectivity index (χ1v) is 16.0. The molecule has 1 aliphatic heterocycles. The van der Waals surface area contributed by atoms with E-state index in [9.17, 15) is 26.4 Å². The Morgan fingerprint density at radius 1 is 0.977 bits per heavy atom. The number of benzene rings is 3. The number of halogens is 4. The van der Waals surface area contributed by atoms with E-state index < -0.39 is 57.2 Å². The van der Waals surface area contributed by atoms with Gasteiger partial charge < -0.3 is 16.4 Å². The first-order chi connectivity index (χ1) is 20.4. The van der Waals surface area contributed by atoms with Gasteiger partial charge in [-0.25, -0.2) is 26.0 Å². The molecule has 0 radical (unpaired) electrons. The first-order valence-electron chi connectivity index (χ1n) is 14.2. The molecule has 2 unspecified atom stereocenters. The van der Waals surface area contributed by atoms with E-state index in [4.69, 9.17) is 5.73 Å². The molecule has 2 fully saturated rings. The van der Waals surface area contributed by atoms with E-state index >= 15 is 4.39 Å². The van der Waals surface area contributed by atoms with E-state index in [0.29, 0.717) is 37.1 Å². The van der Waals surface area contributed by atoms with Gasteiger partial charge in [-0.2, -0.15) is 4.31 Å². The summed E-state index contributed by atoms with van der Waals surface area (Å²) in [6.45, 7) is 0.985. The van der Waals surface area contributed by atoms with Gasteiger partial charge in [0.15, 0.2) is 0 Å². The number of rotatable bonds is 10. The number of nitrogens with one attached hydrogen (secondary N) is 2. The van der Waals surface area contributed by atoms with Crippen molar-refractivity contribution in [2.45, 2.75) is 49.7 Å². The Morgan fingerprint density at radius 2 is 1.65 bits per heavy atom. The van der Waals surface area contributed by atoms with E-state index in [1.807, 2.05) is 0 Å². The number of amides is 1. The monoisotopic (exact) mass is 618 g/mol. The van der Waals surface area contributed by atoms with Gasteiger partial charge in [-0.1, -0.05) is 18.2 Å². The summed E-state index contributed by atoms with van der Waals surface area (Å²) >= 11 is 0. The molecule has 1 amide bonds. The van der Waals surface area contributed by atoms with Crippen molar-refractivity contribution in [2.24, 2.45) is 11.7 Å². The lowest BCUT2D eigenvalue weighted by Crippen LogP contribution is -2.59. The Labute approximate surface area is 248 Å². The molecule has 1 saturated heterocycles. The van der Waals surface area contributed by atoms with Crippen LogP contribution in [-0.2, 0) is 21.2 Å². The molecule has 230 valence electrons. The van der Waals surface area contributed by atoms with E-state index in [1.54, 1.807) is 4.31 Å². The molecule has 7 nitrogen and oxygen atoms in total. The van der Waals surface area contributed by atoms with Gasteiger partial charge in [-0.05, 0) is 79.1 Å². The highest BCUT2D eigenvalue weighted by molar-refractivity contribution is 7.88. The van der Waals surface area contributed by atoms with Crippen molar-refractivity contribution in [3.63, 3.8) is 0 Å².